The average Bonchev–Trinajstić information content (AvgIpc) is 2.98. The molecule has 6 nitrogen and oxygen atoms in total. The Morgan fingerprint density at radius 1 is 0.775 bits per heavy atom. The van der Waals surface area contributed by atoms with E-state index in [9.17, 15) is 14.7 Å². The standard InChI is InChI=1S/C33H34N2O4.ClH/c36-32(35(25-29-14-6-7-22-34-29)30-15-9-13-28(24-30)33(37)38)21-18-27-16-19-31(20-17-27)39-23-8-2-5-12-26-10-3-1-4-11-26;/h1,3-4,6-7,9-11,13-17,19-20,22,24H,2,5,8,12,18,21,23,25H2,(H,37,38);1H. The molecule has 1 amide bonds. The highest BCUT2D eigenvalue weighted by molar-refractivity contribution is 5.95. The molecule has 1 N–H and O–H groups in total. The lowest BCUT2D eigenvalue weighted by Gasteiger charge is -2.23. The van der Waals surface area contributed by atoms with E-state index in [1.165, 1.54) is 17.7 Å². The lowest BCUT2D eigenvalue weighted by Crippen LogP contribution is -2.31. The van der Waals surface area contributed by atoms with Gasteiger partial charge in [0, 0.05) is 18.3 Å². The normalized spacial score (nSPS) is 10.4. The first-order chi connectivity index (χ1) is 19.1. The summed E-state index contributed by atoms with van der Waals surface area (Å²) in [6, 6.07) is 30.4. The fraction of sp³-hybridized carbons (Fsp3) is 0.242. The number of carboxylic acid groups (broad SMARTS) is 1. The van der Waals surface area contributed by atoms with Crippen LogP contribution in [0.4, 0.5) is 5.69 Å². The Balaban J connectivity index is 0.00000441. The smallest absolute Gasteiger partial charge is 0.335 e. The van der Waals surface area contributed by atoms with E-state index in [0.717, 1.165) is 42.7 Å². The van der Waals surface area contributed by atoms with Crippen molar-refractivity contribution in [3.05, 3.63) is 126 Å². The first kappa shape index (κ1) is 30.4. The second kappa shape index (κ2) is 16.1. The Labute approximate surface area is 242 Å². The summed E-state index contributed by atoms with van der Waals surface area (Å²) in [6.07, 6.45) is 6.91. The van der Waals surface area contributed by atoms with Crippen LogP contribution >= 0.6 is 12.4 Å². The zero-order chi connectivity index (χ0) is 27.3. The molecule has 0 saturated carbocycles. The zero-order valence-corrected chi connectivity index (χ0v) is 23.3. The molecule has 0 radical (unpaired) electrons. The van der Waals surface area contributed by atoms with Gasteiger partial charge in [0.15, 0.2) is 0 Å². The highest BCUT2D eigenvalue weighted by Crippen LogP contribution is 2.21. The van der Waals surface area contributed by atoms with Gasteiger partial charge in [-0.15, -0.1) is 12.4 Å². The number of aromatic carboxylic acids is 1. The van der Waals surface area contributed by atoms with E-state index in [1.807, 2.05) is 48.5 Å². The van der Waals surface area contributed by atoms with Gasteiger partial charge < -0.3 is 14.7 Å². The van der Waals surface area contributed by atoms with Crippen molar-refractivity contribution in [2.45, 2.75) is 45.1 Å². The van der Waals surface area contributed by atoms with Gasteiger partial charge in [-0.05, 0) is 85.7 Å². The molecule has 4 aromatic rings. The van der Waals surface area contributed by atoms with Crippen LogP contribution in [-0.4, -0.2) is 28.6 Å². The van der Waals surface area contributed by atoms with Gasteiger partial charge in [-0.2, -0.15) is 0 Å². The largest absolute Gasteiger partial charge is 0.494 e. The molecule has 0 saturated heterocycles. The highest BCUT2D eigenvalue weighted by atomic mass is 35.5. The Morgan fingerprint density at radius 2 is 1.52 bits per heavy atom. The van der Waals surface area contributed by atoms with Crippen molar-refractivity contribution in [3.63, 3.8) is 0 Å². The summed E-state index contributed by atoms with van der Waals surface area (Å²) in [5.41, 5.74) is 3.82. The number of nitrogens with zero attached hydrogens (tertiary/aromatic N) is 2. The van der Waals surface area contributed by atoms with Gasteiger partial charge >= 0.3 is 5.97 Å². The van der Waals surface area contributed by atoms with Crippen LogP contribution in [0.2, 0.25) is 0 Å². The Hall–Kier alpha value is -4.16. The van der Waals surface area contributed by atoms with Crippen LogP contribution in [0.1, 0.15) is 52.9 Å². The summed E-state index contributed by atoms with van der Waals surface area (Å²) < 4.78 is 5.90. The monoisotopic (exact) mass is 558 g/mol. The quantitative estimate of drug-likeness (QED) is 0.166. The predicted octanol–water partition coefficient (Wildman–Crippen LogP) is 7.16. The maximum Gasteiger partial charge on any atom is 0.335 e. The van der Waals surface area contributed by atoms with Crippen LogP contribution in [0, 0.1) is 0 Å². The number of amides is 1. The third-order valence-corrected chi connectivity index (χ3v) is 6.52. The van der Waals surface area contributed by atoms with Crippen molar-refractivity contribution in [1.82, 2.24) is 4.98 Å². The summed E-state index contributed by atoms with van der Waals surface area (Å²) in [6.45, 7) is 0.950. The second-order valence-corrected chi connectivity index (χ2v) is 9.45. The molecule has 4 rings (SSSR count). The van der Waals surface area contributed by atoms with Crippen molar-refractivity contribution in [2.24, 2.45) is 0 Å². The minimum atomic E-state index is -1.03. The third kappa shape index (κ3) is 9.54. The van der Waals surface area contributed by atoms with Crippen molar-refractivity contribution < 1.29 is 19.4 Å². The number of aryl methyl sites for hydroxylation is 2. The number of carbonyl (C=O) groups is 2. The molecule has 0 atom stereocenters. The number of ether oxygens (including phenoxy) is 1. The topological polar surface area (TPSA) is 79.7 Å². The van der Waals surface area contributed by atoms with E-state index in [4.69, 9.17) is 4.74 Å². The van der Waals surface area contributed by atoms with E-state index in [-0.39, 0.29) is 36.8 Å². The van der Waals surface area contributed by atoms with Crippen LogP contribution < -0.4 is 9.64 Å². The van der Waals surface area contributed by atoms with Crippen molar-refractivity contribution in [1.29, 1.82) is 0 Å². The molecule has 0 aliphatic heterocycles. The first-order valence-electron chi connectivity index (χ1n) is 13.4. The van der Waals surface area contributed by atoms with Gasteiger partial charge in [0.25, 0.3) is 0 Å². The number of halogens is 1. The lowest BCUT2D eigenvalue weighted by atomic mass is 10.1. The van der Waals surface area contributed by atoms with Gasteiger partial charge in [-0.25, -0.2) is 4.79 Å². The van der Waals surface area contributed by atoms with E-state index in [0.29, 0.717) is 18.7 Å². The zero-order valence-electron chi connectivity index (χ0n) is 22.4. The molecular formula is C33H35ClN2O4. The number of rotatable bonds is 14. The van der Waals surface area contributed by atoms with Gasteiger partial charge in [-0.3, -0.25) is 9.78 Å². The number of hydrogen-bond acceptors (Lipinski definition) is 4. The van der Waals surface area contributed by atoms with Crippen LogP contribution in [0.25, 0.3) is 0 Å². The molecule has 40 heavy (non-hydrogen) atoms. The number of carboxylic acids is 1. The average molecular weight is 559 g/mol. The van der Waals surface area contributed by atoms with E-state index in [1.54, 1.807) is 23.2 Å². The first-order valence-corrected chi connectivity index (χ1v) is 13.4. The third-order valence-electron chi connectivity index (χ3n) is 6.52. The van der Waals surface area contributed by atoms with Crippen LogP contribution in [0.5, 0.6) is 5.75 Å². The maximum atomic E-state index is 13.3. The molecule has 0 bridgehead atoms. The van der Waals surface area contributed by atoms with E-state index in [2.05, 4.69) is 29.2 Å². The SMILES string of the molecule is Cl.O=C(O)c1cccc(N(Cc2ccccn2)C(=O)CCc2ccc(OCCCCCc3ccccc3)cc2)c1. The maximum absolute atomic E-state index is 13.3. The molecular weight excluding hydrogens is 524 g/mol. The van der Waals surface area contributed by atoms with Gasteiger partial charge in [0.2, 0.25) is 5.91 Å². The molecule has 3 aromatic carbocycles. The molecule has 1 aromatic heterocycles. The molecule has 208 valence electrons. The van der Waals surface area contributed by atoms with Crippen LogP contribution in [-0.2, 0) is 24.2 Å². The predicted molar refractivity (Wildman–Crippen MR) is 160 cm³/mol. The minimum absolute atomic E-state index is 0. The summed E-state index contributed by atoms with van der Waals surface area (Å²) >= 11 is 0. The molecule has 0 fully saturated rings. The van der Waals surface area contributed by atoms with Crippen LogP contribution in [0.3, 0.4) is 0 Å². The van der Waals surface area contributed by atoms with Gasteiger partial charge in [0.1, 0.15) is 5.75 Å². The number of benzene rings is 3. The summed E-state index contributed by atoms with van der Waals surface area (Å²) in [5.74, 6) is -0.300. The molecule has 1 heterocycles. The number of aromatic nitrogens is 1. The summed E-state index contributed by atoms with van der Waals surface area (Å²) in [4.78, 5) is 30.7. The summed E-state index contributed by atoms with van der Waals surface area (Å²) in [5, 5.41) is 9.40. The second-order valence-electron chi connectivity index (χ2n) is 9.45. The number of pyridine rings is 1. The van der Waals surface area contributed by atoms with E-state index < -0.39 is 5.97 Å². The van der Waals surface area contributed by atoms with Gasteiger partial charge in [0.05, 0.1) is 24.4 Å². The molecule has 0 unspecified atom stereocenters. The highest BCUT2D eigenvalue weighted by Gasteiger charge is 2.18. The number of unbranched alkanes of at least 4 members (excludes halogenated alkanes) is 2. The Kier molecular flexibility index (Phi) is 12.2. The Morgan fingerprint density at radius 3 is 2.25 bits per heavy atom. The minimum Gasteiger partial charge on any atom is -0.494 e. The number of hydrogen-bond donors (Lipinski definition) is 1. The van der Waals surface area contributed by atoms with Crippen LogP contribution in [0.15, 0.2) is 103 Å². The fourth-order valence-electron chi connectivity index (χ4n) is 4.37. The van der Waals surface area contributed by atoms with Gasteiger partial charge in [-0.1, -0.05) is 54.6 Å². The lowest BCUT2D eigenvalue weighted by molar-refractivity contribution is -0.118. The number of anilines is 1. The van der Waals surface area contributed by atoms with Crippen molar-refractivity contribution >= 4 is 30.0 Å². The van der Waals surface area contributed by atoms with Crippen molar-refractivity contribution in [2.75, 3.05) is 11.5 Å². The molecule has 7 heteroatoms. The molecule has 0 spiro atoms. The van der Waals surface area contributed by atoms with E-state index >= 15 is 0 Å². The summed E-state index contributed by atoms with van der Waals surface area (Å²) in [7, 11) is 0. The molecule has 0 aliphatic rings. The number of carbonyl (C=O) groups excluding carboxylic acids is 1. The molecule has 0 aliphatic carbocycles. The fourth-order valence-corrected chi connectivity index (χ4v) is 4.37. The Bertz CT molecular complexity index is 1330. The van der Waals surface area contributed by atoms with Crippen molar-refractivity contribution in [3.8, 4) is 5.75 Å².